The van der Waals surface area contributed by atoms with Gasteiger partial charge in [0.15, 0.2) is 0 Å². The summed E-state index contributed by atoms with van der Waals surface area (Å²) in [5, 5.41) is 0. The summed E-state index contributed by atoms with van der Waals surface area (Å²) in [7, 11) is 3.74. The van der Waals surface area contributed by atoms with Crippen LogP contribution in [0.2, 0.25) is 0 Å². The molecule has 0 spiro atoms. The van der Waals surface area contributed by atoms with Gasteiger partial charge in [-0.15, -0.1) is 0 Å². The molecule has 0 aliphatic carbocycles. The van der Waals surface area contributed by atoms with Gasteiger partial charge in [0.1, 0.15) is 0 Å². The standard InChI is InChI=1S/C8H17NO/c1-5-8(2)9(3)6-7-10-4/h2,5-7H2,1,3-4H3. The molecule has 0 aromatic rings. The fraction of sp³-hybridized carbons (Fsp3) is 0.750. The Morgan fingerprint density at radius 2 is 2.20 bits per heavy atom. The number of likely N-dealkylation sites (N-methyl/N-ethyl adjacent to an activating group) is 1. The van der Waals surface area contributed by atoms with Crippen LogP contribution in [0.1, 0.15) is 13.3 Å². The monoisotopic (exact) mass is 143 g/mol. The van der Waals surface area contributed by atoms with Crippen molar-refractivity contribution in [2.75, 3.05) is 27.3 Å². The van der Waals surface area contributed by atoms with Crippen LogP contribution in [-0.4, -0.2) is 32.2 Å². The Balaban J connectivity index is 3.41. The van der Waals surface area contributed by atoms with E-state index in [4.69, 9.17) is 4.74 Å². The molecule has 0 fully saturated rings. The Morgan fingerprint density at radius 3 is 2.60 bits per heavy atom. The van der Waals surface area contributed by atoms with E-state index in [0.29, 0.717) is 0 Å². The minimum Gasteiger partial charge on any atom is -0.383 e. The Labute approximate surface area is 63.5 Å². The highest BCUT2D eigenvalue weighted by Gasteiger charge is 1.96. The summed E-state index contributed by atoms with van der Waals surface area (Å²) in [6, 6.07) is 0. The lowest BCUT2D eigenvalue weighted by atomic mass is 10.3. The van der Waals surface area contributed by atoms with Crippen LogP contribution in [0.4, 0.5) is 0 Å². The maximum Gasteiger partial charge on any atom is 0.0637 e. The van der Waals surface area contributed by atoms with Crippen LogP contribution in [-0.2, 0) is 4.74 Å². The molecule has 0 aromatic heterocycles. The average Bonchev–Trinajstić information content (AvgIpc) is 1.98. The largest absolute Gasteiger partial charge is 0.383 e. The fourth-order valence-corrected chi connectivity index (χ4v) is 0.656. The second kappa shape index (κ2) is 5.30. The molecule has 0 aromatic carbocycles. The molecule has 0 saturated heterocycles. The zero-order valence-corrected chi connectivity index (χ0v) is 7.18. The van der Waals surface area contributed by atoms with E-state index in [-0.39, 0.29) is 0 Å². The van der Waals surface area contributed by atoms with Crippen LogP contribution >= 0.6 is 0 Å². The SMILES string of the molecule is C=C(CC)N(C)CCOC. The Morgan fingerprint density at radius 1 is 1.60 bits per heavy atom. The van der Waals surface area contributed by atoms with Gasteiger partial charge in [0.2, 0.25) is 0 Å². The first-order valence-corrected chi connectivity index (χ1v) is 3.60. The molecular formula is C8H17NO. The van der Waals surface area contributed by atoms with Crippen molar-refractivity contribution in [1.29, 1.82) is 0 Å². The maximum absolute atomic E-state index is 4.92. The van der Waals surface area contributed by atoms with Gasteiger partial charge >= 0.3 is 0 Å². The van der Waals surface area contributed by atoms with E-state index in [9.17, 15) is 0 Å². The van der Waals surface area contributed by atoms with Gasteiger partial charge in [0, 0.05) is 26.4 Å². The third kappa shape index (κ3) is 3.51. The molecule has 60 valence electrons. The molecule has 0 aliphatic rings. The second-order valence-electron chi connectivity index (χ2n) is 2.33. The molecular weight excluding hydrogens is 126 g/mol. The van der Waals surface area contributed by atoms with E-state index in [0.717, 1.165) is 25.3 Å². The zero-order chi connectivity index (χ0) is 7.98. The van der Waals surface area contributed by atoms with E-state index in [2.05, 4.69) is 18.4 Å². The summed E-state index contributed by atoms with van der Waals surface area (Å²) in [4.78, 5) is 2.11. The van der Waals surface area contributed by atoms with Gasteiger partial charge in [-0.3, -0.25) is 0 Å². The van der Waals surface area contributed by atoms with Gasteiger partial charge in [-0.2, -0.15) is 0 Å². The topological polar surface area (TPSA) is 12.5 Å². The molecule has 0 radical (unpaired) electrons. The Kier molecular flexibility index (Phi) is 5.03. The summed E-state index contributed by atoms with van der Waals surface area (Å²) in [5.41, 5.74) is 1.16. The first-order valence-electron chi connectivity index (χ1n) is 3.60. The number of rotatable bonds is 5. The van der Waals surface area contributed by atoms with Crippen molar-refractivity contribution in [1.82, 2.24) is 4.90 Å². The fourth-order valence-electron chi connectivity index (χ4n) is 0.656. The Bertz CT molecular complexity index is 101. The molecule has 0 rings (SSSR count). The van der Waals surface area contributed by atoms with Crippen molar-refractivity contribution in [3.05, 3.63) is 12.3 Å². The van der Waals surface area contributed by atoms with Crippen LogP contribution in [0.3, 0.4) is 0 Å². The van der Waals surface area contributed by atoms with E-state index >= 15 is 0 Å². The molecule has 0 bridgehead atoms. The number of nitrogens with zero attached hydrogens (tertiary/aromatic N) is 1. The number of hydrogen-bond acceptors (Lipinski definition) is 2. The third-order valence-electron chi connectivity index (χ3n) is 1.58. The predicted octanol–water partition coefficient (Wildman–Crippen LogP) is 1.49. The van der Waals surface area contributed by atoms with Gasteiger partial charge in [-0.05, 0) is 6.42 Å². The summed E-state index contributed by atoms with van der Waals surface area (Å²) < 4.78 is 4.92. The van der Waals surface area contributed by atoms with Gasteiger partial charge in [0.05, 0.1) is 6.61 Å². The average molecular weight is 143 g/mol. The molecule has 10 heavy (non-hydrogen) atoms. The van der Waals surface area contributed by atoms with E-state index in [1.165, 1.54) is 0 Å². The number of methoxy groups -OCH3 is 1. The van der Waals surface area contributed by atoms with Crippen LogP contribution in [0.15, 0.2) is 12.3 Å². The lowest BCUT2D eigenvalue weighted by Gasteiger charge is -2.19. The molecule has 0 amide bonds. The van der Waals surface area contributed by atoms with Crippen molar-refractivity contribution in [3.63, 3.8) is 0 Å². The highest BCUT2D eigenvalue weighted by atomic mass is 16.5. The van der Waals surface area contributed by atoms with Crippen molar-refractivity contribution in [2.45, 2.75) is 13.3 Å². The summed E-state index contributed by atoms with van der Waals surface area (Å²) in [6.45, 7) is 7.71. The van der Waals surface area contributed by atoms with Crippen molar-refractivity contribution in [2.24, 2.45) is 0 Å². The maximum atomic E-state index is 4.92. The molecule has 2 heteroatoms. The summed E-state index contributed by atoms with van der Waals surface area (Å²) in [6.07, 6.45) is 1.01. The van der Waals surface area contributed by atoms with Gasteiger partial charge in [0.25, 0.3) is 0 Å². The second-order valence-corrected chi connectivity index (χ2v) is 2.33. The smallest absolute Gasteiger partial charge is 0.0637 e. The van der Waals surface area contributed by atoms with Gasteiger partial charge in [-0.25, -0.2) is 0 Å². The zero-order valence-electron chi connectivity index (χ0n) is 7.18. The minimum absolute atomic E-state index is 0.773. The van der Waals surface area contributed by atoms with Crippen LogP contribution in [0.5, 0.6) is 0 Å². The lowest BCUT2D eigenvalue weighted by molar-refractivity contribution is 0.173. The molecule has 2 nitrogen and oxygen atoms in total. The molecule has 0 aliphatic heterocycles. The summed E-state index contributed by atoms with van der Waals surface area (Å²) >= 11 is 0. The molecule has 0 N–H and O–H groups in total. The quantitative estimate of drug-likeness (QED) is 0.578. The van der Waals surface area contributed by atoms with Crippen molar-refractivity contribution in [3.8, 4) is 0 Å². The van der Waals surface area contributed by atoms with Crippen molar-refractivity contribution >= 4 is 0 Å². The predicted molar refractivity (Wildman–Crippen MR) is 43.9 cm³/mol. The van der Waals surface area contributed by atoms with Gasteiger partial charge < -0.3 is 9.64 Å². The van der Waals surface area contributed by atoms with Crippen LogP contribution in [0, 0.1) is 0 Å². The van der Waals surface area contributed by atoms with Crippen LogP contribution in [0.25, 0.3) is 0 Å². The lowest BCUT2D eigenvalue weighted by Crippen LogP contribution is -2.21. The molecule has 0 unspecified atom stereocenters. The summed E-state index contributed by atoms with van der Waals surface area (Å²) in [5.74, 6) is 0. The first-order chi connectivity index (χ1) is 4.72. The highest BCUT2D eigenvalue weighted by molar-refractivity contribution is 4.90. The minimum atomic E-state index is 0.773. The van der Waals surface area contributed by atoms with E-state index in [1.54, 1.807) is 7.11 Å². The van der Waals surface area contributed by atoms with Crippen molar-refractivity contribution < 1.29 is 4.74 Å². The molecule has 0 atom stereocenters. The van der Waals surface area contributed by atoms with E-state index < -0.39 is 0 Å². The first kappa shape index (κ1) is 9.50. The number of ether oxygens (including phenoxy) is 1. The number of hydrogen-bond donors (Lipinski definition) is 0. The number of allylic oxidation sites excluding steroid dienone is 1. The van der Waals surface area contributed by atoms with E-state index in [1.807, 2.05) is 7.05 Å². The van der Waals surface area contributed by atoms with Crippen LogP contribution < -0.4 is 0 Å². The highest BCUT2D eigenvalue weighted by Crippen LogP contribution is 2.00. The third-order valence-corrected chi connectivity index (χ3v) is 1.58. The molecule has 0 heterocycles. The molecule has 0 saturated carbocycles. The Hall–Kier alpha value is -0.500. The normalized spacial score (nSPS) is 9.50. The van der Waals surface area contributed by atoms with Gasteiger partial charge in [-0.1, -0.05) is 13.5 Å².